The topological polar surface area (TPSA) is 38.7 Å². The number of methoxy groups -OCH3 is 1. The van der Waals surface area contributed by atoms with Gasteiger partial charge in [-0.05, 0) is 36.8 Å². The summed E-state index contributed by atoms with van der Waals surface area (Å²) in [6.45, 7) is 1.97. The normalized spacial score (nSPS) is 12.0. The third-order valence-corrected chi connectivity index (χ3v) is 3.81. The van der Waals surface area contributed by atoms with E-state index in [0.717, 1.165) is 11.1 Å². The summed E-state index contributed by atoms with van der Waals surface area (Å²) in [4.78, 5) is 0. The fraction of sp³-hybridized carbons (Fsp3) is 0.250. The molecule has 3 nitrogen and oxygen atoms in total. The number of benzene rings is 2. The fourth-order valence-electron chi connectivity index (χ4n) is 1.86. The van der Waals surface area contributed by atoms with Crippen LogP contribution in [0.2, 0.25) is 0 Å². The van der Waals surface area contributed by atoms with Gasteiger partial charge in [0, 0.05) is 10.0 Å². The predicted molar refractivity (Wildman–Crippen MR) is 82.1 cm³/mol. The molecule has 0 aliphatic carbocycles. The number of halogens is 2. The van der Waals surface area contributed by atoms with E-state index in [-0.39, 0.29) is 12.4 Å². The molecule has 0 aromatic heterocycles. The molecule has 0 amide bonds. The van der Waals surface area contributed by atoms with E-state index >= 15 is 0 Å². The molecule has 21 heavy (non-hydrogen) atoms. The third-order valence-electron chi connectivity index (χ3n) is 3.07. The Morgan fingerprint density at radius 2 is 1.95 bits per heavy atom. The standard InChI is InChI=1S/C16H16BrFO3/c1-10(19)11-4-6-15(16(7-11)20-2)21-9-12-3-5-13(18)8-14(12)17/h3-8,10,19H,9H2,1-2H3/t10-/m1/s1. The van der Waals surface area contributed by atoms with Gasteiger partial charge >= 0.3 is 0 Å². The van der Waals surface area contributed by atoms with Crippen LogP contribution in [0.15, 0.2) is 40.9 Å². The minimum Gasteiger partial charge on any atom is -0.493 e. The van der Waals surface area contributed by atoms with Gasteiger partial charge in [-0.2, -0.15) is 0 Å². The first-order chi connectivity index (χ1) is 10.0. The molecular weight excluding hydrogens is 339 g/mol. The van der Waals surface area contributed by atoms with Crippen LogP contribution in [0.25, 0.3) is 0 Å². The van der Waals surface area contributed by atoms with Crippen molar-refractivity contribution in [2.24, 2.45) is 0 Å². The molecule has 112 valence electrons. The van der Waals surface area contributed by atoms with Crippen molar-refractivity contribution in [1.29, 1.82) is 0 Å². The van der Waals surface area contributed by atoms with Crippen LogP contribution in [0.4, 0.5) is 4.39 Å². The molecule has 1 atom stereocenters. The molecule has 0 aliphatic heterocycles. The van der Waals surface area contributed by atoms with Gasteiger partial charge in [0.25, 0.3) is 0 Å². The zero-order valence-corrected chi connectivity index (χ0v) is 13.4. The molecule has 1 N–H and O–H groups in total. The highest BCUT2D eigenvalue weighted by Crippen LogP contribution is 2.31. The van der Waals surface area contributed by atoms with Crippen LogP contribution in [0.1, 0.15) is 24.2 Å². The molecule has 0 heterocycles. The lowest BCUT2D eigenvalue weighted by Crippen LogP contribution is -2.00. The lowest BCUT2D eigenvalue weighted by molar-refractivity contribution is 0.198. The van der Waals surface area contributed by atoms with Gasteiger partial charge in [-0.1, -0.05) is 28.1 Å². The van der Waals surface area contributed by atoms with Crippen molar-refractivity contribution in [1.82, 2.24) is 0 Å². The van der Waals surface area contributed by atoms with Gasteiger partial charge in [-0.15, -0.1) is 0 Å². The van der Waals surface area contributed by atoms with Gasteiger partial charge in [0.2, 0.25) is 0 Å². The second-order valence-electron chi connectivity index (χ2n) is 4.61. The molecule has 2 rings (SSSR count). The highest BCUT2D eigenvalue weighted by atomic mass is 79.9. The number of rotatable bonds is 5. The summed E-state index contributed by atoms with van der Waals surface area (Å²) in [5, 5.41) is 9.57. The van der Waals surface area contributed by atoms with Gasteiger partial charge < -0.3 is 14.6 Å². The Bertz CT molecular complexity index is 629. The highest BCUT2D eigenvalue weighted by Gasteiger charge is 2.10. The monoisotopic (exact) mass is 354 g/mol. The van der Waals surface area contributed by atoms with Gasteiger partial charge in [0.15, 0.2) is 11.5 Å². The van der Waals surface area contributed by atoms with Crippen molar-refractivity contribution in [2.75, 3.05) is 7.11 Å². The Morgan fingerprint density at radius 1 is 1.19 bits per heavy atom. The average molecular weight is 355 g/mol. The van der Waals surface area contributed by atoms with Gasteiger partial charge in [-0.25, -0.2) is 4.39 Å². The Kier molecular flexibility index (Phi) is 5.20. The van der Waals surface area contributed by atoms with Crippen molar-refractivity contribution < 1.29 is 19.0 Å². The zero-order valence-electron chi connectivity index (χ0n) is 11.8. The average Bonchev–Trinajstić information content (AvgIpc) is 2.46. The van der Waals surface area contributed by atoms with Crippen molar-refractivity contribution >= 4 is 15.9 Å². The van der Waals surface area contributed by atoms with Crippen molar-refractivity contribution in [3.63, 3.8) is 0 Å². The molecular formula is C16H16BrFO3. The molecule has 5 heteroatoms. The quantitative estimate of drug-likeness (QED) is 0.873. The summed E-state index contributed by atoms with van der Waals surface area (Å²) in [6, 6.07) is 9.71. The molecule has 0 fully saturated rings. The van der Waals surface area contributed by atoms with E-state index < -0.39 is 6.10 Å². The maximum absolute atomic E-state index is 13.0. The second kappa shape index (κ2) is 6.91. The summed E-state index contributed by atoms with van der Waals surface area (Å²) in [6.07, 6.45) is -0.570. The lowest BCUT2D eigenvalue weighted by atomic mass is 10.1. The van der Waals surface area contributed by atoms with Crippen LogP contribution >= 0.6 is 15.9 Å². The van der Waals surface area contributed by atoms with Crippen LogP contribution < -0.4 is 9.47 Å². The van der Waals surface area contributed by atoms with Gasteiger partial charge in [0.1, 0.15) is 12.4 Å². The van der Waals surface area contributed by atoms with E-state index in [1.54, 1.807) is 38.3 Å². The number of aliphatic hydroxyl groups excluding tert-OH is 1. The van der Waals surface area contributed by atoms with Crippen LogP contribution in [0, 0.1) is 5.82 Å². The van der Waals surface area contributed by atoms with Crippen LogP contribution in [-0.4, -0.2) is 12.2 Å². The molecule has 0 saturated carbocycles. The molecule has 0 saturated heterocycles. The first-order valence-corrected chi connectivity index (χ1v) is 7.23. The largest absolute Gasteiger partial charge is 0.493 e. The Balaban J connectivity index is 2.16. The molecule has 2 aromatic rings. The predicted octanol–water partition coefficient (Wildman–Crippen LogP) is 4.23. The summed E-state index contributed by atoms with van der Waals surface area (Å²) in [5.41, 5.74) is 1.58. The third kappa shape index (κ3) is 3.95. The fourth-order valence-corrected chi connectivity index (χ4v) is 2.32. The van der Waals surface area contributed by atoms with E-state index in [4.69, 9.17) is 9.47 Å². The minimum atomic E-state index is -0.570. The molecule has 0 radical (unpaired) electrons. The van der Waals surface area contributed by atoms with E-state index in [1.165, 1.54) is 12.1 Å². The van der Waals surface area contributed by atoms with E-state index in [1.807, 2.05) is 0 Å². The van der Waals surface area contributed by atoms with Crippen LogP contribution in [0.5, 0.6) is 11.5 Å². The molecule has 0 unspecified atom stereocenters. The molecule has 0 bridgehead atoms. The molecule has 0 aliphatic rings. The van der Waals surface area contributed by atoms with Gasteiger partial charge in [0.05, 0.1) is 13.2 Å². The van der Waals surface area contributed by atoms with E-state index in [9.17, 15) is 9.50 Å². The van der Waals surface area contributed by atoms with Crippen molar-refractivity contribution in [3.8, 4) is 11.5 Å². The second-order valence-corrected chi connectivity index (χ2v) is 5.47. The number of aliphatic hydroxyl groups is 1. The van der Waals surface area contributed by atoms with E-state index in [0.29, 0.717) is 16.0 Å². The van der Waals surface area contributed by atoms with Crippen LogP contribution in [-0.2, 0) is 6.61 Å². The summed E-state index contributed by atoms with van der Waals surface area (Å²) in [7, 11) is 1.54. The Morgan fingerprint density at radius 3 is 2.57 bits per heavy atom. The SMILES string of the molecule is COc1cc([C@@H](C)O)ccc1OCc1ccc(F)cc1Br. The molecule has 2 aromatic carbocycles. The number of ether oxygens (including phenoxy) is 2. The van der Waals surface area contributed by atoms with Gasteiger partial charge in [-0.3, -0.25) is 0 Å². The Hall–Kier alpha value is -1.59. The van der Waals surface area contributed by atoms with Crippen molar-refractivity contribution in [2.45, 2.75) is 19.6 Å². The Labute approximate surface area is 131 Å². The number of hydrogen-bond acceptors (Lipinski definition) is 3. The van der Waals surface area contributed by atoms with Crippen LogP contribution in [0.3, 0.4) is 0 Å². The maximum Gasteiger partial charge on any atom is 0.161 e. The maximum atomic E-state index is 13.0. The first-order valence-electron chi connectivity index (χ1n) is 6.44. The minimum absolute atomic E-state index is 0.283. The summed E-state index contributed by atoms with van der Waals surface area (Å²) >= 11 is 3.30. The summed E-state index contributed by atoms with van der Waals surface area (Å²) < 4.78 is 24.7. The summed E-state index contributed by atoms with van der Waals surface area (Å²) in [5.74, 6) is 0.814. The zero-order chi connectivity index (χ0) is 15.4. The lowest BCUT2D eigenvalue weighted by Gasteiger charge is -2.14. The molecule has 0 spiro atoms. The smallest absolute Gasteiger partial charge is 0.161 e. The number of hydrogen-bond donors (Lipinski definition) is 1. The first kappa shape index (κ1) is 15.8. The van der Waals surface area contributed by atoms with Crippen molar-refractivity contribution in [3.05, 3.63) is 57.8 Å². The highest BCUT2D eigenvalue weighted by molar-refractivity contribution is 9.10. The van der Waals surface area contributed by atoms with E-state index in [2.05, 4.69) is 15.9 Å².